The van der Waals surface area contributed by atoms with Crippen molar-refractivity contribution in [1.29, 1.82) is 0 Å². The van der Waals surface area contributed by atoms with Gasteiger partial charge in [0, 0.05) is 11.0 Å². The summed E-state index contributed by atoms with van der Waals surface area (Å²) in [4.78, 5) is 11.8. The summed E-state index contributed by atoms with van der Waals surface area (Å²) in [7, 11) is 0. The number of aromatic hydroxyl groups is 1. The first-order valence-electron chi connectivity index (χ1n) is 5.79. The summed E-state index contributed by atoms with van der Waals surface area (Å²) in [5.41, 5.74) is -0.0358. The molecular formula is C14H9BrF3NO2. The van der Waals surface area contributed by atoms with E-state index in [1.54, 1.807) is 24.3 Å². The Bertz CT molecular complexity index is 707. The van der Waals surface area contributed by atoms with E-state index in [0.717, 1.165) is 10.0 Å². The number of nitrogens with one attached hydrogen (secondary N) is 1. The van der Waals surface area contributed by atoms with Crippen LogP contribution < -0.4 is 5.32 Å². The molecule has 0 aliphatic carbocycles. The zero-order valence-corrected chi connectivity index (χ0v) is 12.0. The van der Waals surface area contributed by atoms with Gasteiger partial charge in [0.15, 0.2) is 17.4 Å². The average Bonchev–Trinajstić information content (AvgIpc) is 2.46. The third-order valence-electron chi connectivity index (χ3n) is 2.72. The van der Waals surface area contributed by atoms with E-state index in [9.17, 15) is 18.0 Å². The Hall–Kier alpha value is -2.02. The van der Waals surface area contributed by atoms with Crippen LogP contribution in [0.4, 0.5) is 13.2 Å². The number of rotatable bonds is 3. The molecule has 0 aliphatic rings. The lowest BCUT2D eigenvalue weighted by Crippen LogP contribution is -2.24. The van der Waals surface area contributed by atoms with Gasteiger partial charge in [0.05, 0.1) is 5.56 Å². The summed E-state index contributed by atoms with van der Waals surface area (Å²) in [6, 6.07) is 7.40. The molecule has 2 aromatic rings. The highest BCUT2D eigenvalue weighted by Gasteiger charge is 2.22. The zero-order valence-electron chi connectivity index (χ0n) is 10.5. The second kappa shape index (κ2) is 6.17. The molecule has 0 aliphatic heterocycles. The molecule has 2 aromatic carbocycles. The van der Waals surface area contributed by atoms with Gasteiger partial charge in [-0.05, 0) is 23.8 Å². The van der Waals surface area contributed by atoms with Gasteiger partial charge in [-0.15, -0.1) is 0 Å². The van der Waals surface area contributed by atoms with Gasteiger partial charge in [-0.2, -0.15) is 4.39 Å². The third-order valence-corrected chi connectivity index (χ3v) is 3.21. The fourth-order valence-corrected chi connectivity index (χ4v) is 2.13. The molecule has 3 nitrogen and oxygen atoms in total. The molecule has 0 atom stereocenters. The first-order chi connectivity index (χ1) is 9.90. The first kappa shape index (κ1) is 15.4. The smallest absolute Gasteiger partial charge is 0.254 e. The predicted octanol–water partition coefficient (Wildman–Crippen LogP) is 3.50. The Morgan fingerprint density at radius 3 is 2.57 bits per heavy atom. The van der Waals surface area contributed by atoms with Crippen LogP contribution >= 0.6 is 15.9 Å². The fourth-order valence-electron chi connectivity index (χ4n) is 1.68. The standard InChI is InChI=1S/C14H9BrF3NO2/c15-8-3-1-2-7(4-8)6-19-14(21)9-5-10(16)12(18)13(20)11(9)17/h1-5,20H,6H2,(H,19,21). The van der Waals surface area contributed by atoms with E-state index in [-0.39, 0.29) is 6.54 Å². The fraction of sp³-hybridized carbons (Fsp3) is 0.0714. The van der Waals surface area contributed by atoms with Crippen molar-refractivity contribution in [3.8, 4) is 5.75 Å². The maximum Gasteiger partial charge on any atom is 0.254 e. The van der Waals surface area contributed by atoms with Crippen LogP contribution in [0, 0.1) is 17.5 Å². The Morgan fingerprint density at radius 2 is 1.90 bits per heavy atom. The van der Waals surface area contributed by atoms with Crippen LogP contribution in [-0.2, 0) is 6.54 Å². The topological polar surface area (TPSA) is 49.3 Å². The molecule has 0 saturated carbocycles. The molecule has 2 N–H and O–H groups in total. The highest BCUT2D eigenvalue weighted by atomic mass is 79.9. The largest absolute Gasteiger partial charge is 0.503 e. The van der Waals surface area contributed by atoms with Gasteiger partial charge in [-0.25, -0.2) is 8.78 Å². The minimum absolute atomic E-state index is 0.0669. The number of hydrogen-bond acceptors (Lipinski definition) is 2. The van der Waals surface area contributed by atoms with Crippen molar-refractivity contribution >= 4 is 21.8 Å². The molecule has 0 saturated heterocycles. The van der Waals surface area contributed by atoms with Crippen molar-refractivity contribution in [3.05, 3.63) is 63.4 Å². The molecule has 2 rings (SSSR count). The Kier molecular flexibility index (Phi) is 4.52. The molecule has 0 bridgehead atoms. The minimum atomic E-state index is -1.73. The minimum Gasteiger partial charge on any atom is -0.503 e. The van der Waals surface area contributed by atoms with Crippen LogP contribution in [0.15, 0.2) is 34.8 Å². The van der Waals surface area contributed by atoms with Crippen molar-refractivity contribution in [2.75, 3.05) is 0 Å². The summed E-state index contributed by atoms with van der Waals surface area (Å²) < 4.78 is 40.4. The van der Waals surface area contributed by atoms with Crippen LogP contribution in [0.1, 0.15) is 15.9 Å². The van der Waals surface area contributed by atoms with Crippen molar-refractivity contribution in [3.63, 3.8) is 0 Å². The molecule has 0 aromatic heterocycles. The van der Waals surface area contributed by atoms with Crippen LogP contribution in [0.3, 0.4) is 0 Å². The SMILES string of the molecule is O=C(NCc1cccc(Br)c1)c1cc(F)c(F)c(O)c1F. The number of hydrogen-bond donors (Lipinski definition) is 2. The second-order valence-electron chi connectivity index (χ2n) is 4.20. The molecule has 7 heteroatoms. The Labute approximate surface area is 126 Å². The second-order valence-corrected chi connectivity index (χ2v) is 5.11. The molecule has 0 fully saturated rings. The molecule has 0 heterocycles. The molecule has 0 spiro atoms. The van der Waals surface area contributed by atoms with Crippen LogP contribution in [0.25, 0.3) is 0 Å². The van der Waals surface area contributed by atoms with Crippen LogP contribution in [0.5, 0.6) is 5.75 Å². The highest BCUT2D eigenvalue weighted by molar-refractivity contribution is 9.10. The summed E-state index contributed by atoms with van der Waals surface area (Å²) in [6.07, 6.45) is 0. The van der Waals surface area contributed by atoms with Gasteiger partial charge in [-0.3, -0.25) is 4.79 Å². The van der Waals surface area contributed by atoms with E-state index in [2.05, 4.69) is 21.2 Å². The quantitative estimate of drug-likeness (QED) is 0.824. The highest BCUT2D eigenvalue weighted by Crippen LogP contribution is 2.25. The van der Waals surface area contributed by atoms with Gasteiger partial charge in [0.1, 0.15) is 0 Å². The van der Waals surface area contributed by atoms with Gasteiger partial charge < -0.3 is 10.4 Å². The molecule has 0 unspecified atom stereocenters. The third kappa shape index (κ3) is 3.36. The summed E-state index contributed by atoms with van der Waals surface area (Å²) in [5.74, 6) is -7.19. The number of carbonyl (C=O) groups is 1. The van der Waals surface area contributed by atoms with Crippen LogP contribution in [-0.4, -0.2) is 11.0 Å². The number of amides is 1. The molecule has 21 heavy (non-hydrogen) atoms. The predicted molar refractivity (Wildman–Crippen MR) is 73.3 cm³/mol. The van der Waals surface area contributed by atoms with Gasteiger partial charge in [0.25, 0.3) is 5.91 Å². The molecule has 1 amide bonds. The van der Waals surface area contributed by atoms with E-state index in [0.29, 0.717) is 6.07 Å². The summed E-state index contributed by atoms with van der Waals surface area (Å²) in [6.45, 7) is 0.0669. The summed E-state index contributed by atoms with van der Waals surface area (Å²) >= 11 is 3.26. The zero-order chi connectivity index (χ0) is 15.6. The number of phenolic OH excluding ortho intramolecular Hbond substituents is 1. The molecule has 0 radical (unpaired) electrons. The average molecular weight is 360 g/mol. The Balaban J connectivity index is 2.18. The van der Waals surface area contributed by atoms with E-state index in [1.807, 2.05) is 0 Å². The maximum absolute atomic E-state index is 13.6. The maximum atomic E-state index is 13.6. The summed E-state index contributed by atoms with van der Waals surface area (Å²) in [5, 5.41) is 11.4. The number of benzene rings is 2. The lowest BCUT2D eigenvalue weighted by molar-refractivity contribution is 0.0945. The van der Waals surface area contributed by atoms with E-state index >= 15 is 0 Å². The van der Waals surface area contributed by atoms with Gasteiger partial charge in [-0.1, -0.05) is 28.1 Å². The van der Waals surface area contributed by atoms with E-state index < -0.39 is 34.7 Å². The van der Waals surface area contributed by atoms with E-state index in [1.165, 1.54) is 0 Å². The van der Waals surface area contributed by atoms with Crippen molar-refractivity contribution in [1.82, 2.24) is 5.32 Å². The van der Waals surface area contributed by atoms with Crippen molar-refractivity contribution in [2.24, 2.45) is 0 Å². The molecule has 110 valence electrons. The number of halogens is 4. The lowest BCUT2D eigenvalue weighted by Gasteiger charge is -2.08. The molecular weight excluding hydrogens is 351 g/mol. The normalized spacial score (nSPS) is 10.5. The van der Waals surface area contributed by atoms with Gasteiger partial charge in [0.2, 0.25) is 5.82 Å². The Morgan fingerprint density at radius 1 is 1.19 bits per heavy atom. The van der Waals surface area contributed by atoms with Gasteiger partial charge >= 0.3 is 0 Å². The number of carbonyl (C=O) groups excluding carboxylic acids is 1. The lowest BCUT2D eigenvalue weighted by atomic mass is 10.1. The first-order valence-corrected chi connectivity index (χ1v) is 6.58. The monoisotopic (exact) mass is 359 g/mol. The van der Waals surface area contributed by atoms with E-state index in [4.69, 9.17) is 5.11 Å². The van der Waals surface area contributed by atoms with Crippen LogP contribution in [0.2, 0.25) is 0 Å². The number of phenols is 1. The van der Waals surface area contributed by atoms with Crippen molar-refractivity contribution < 1.29 is 23.1 Å². The van der Waals surface area contributed by atoms with Crippen molar-refractivity contribution in [2.45, 2.75) is 6.54 Å².